The van der Waals surface area contributed by atoms with Gasteiger partial charge in [-0.2, -0.15) is 0 Å². The molecule has 1 aliphatic heterocycles. The first-order valence-corrected chi connectivity index (χ1v) is 7.67. The third kappa shape index (κ3) is 3.83. The number of benzene rings is 1. The molecule has 21 heavy (non-hydrogen) atoms. The Labute approximate surface area is 129 Å². The second-order valence-corrected chi connectivity index (χ2v) is 5.88. The smallest absolute Gasteiger partial charge is 0.320 e. The zero-order valence-corrected chi connectivity index (χ0v) is 12.8. The van der Waals surface area contributed by atoms with Crippen molar-refractivity contribution in [3.63, 3.8) is 0 Å². The van der Waals surface area contributed by atoms with Gasteiger partial charge in [-0.3, -0.25) is 14.5 Å². The molecule has 0 aliphatic carbocycles. The van der Waals surface area contributed by atoms with Gasteiger partial charge in [-0.25, -0.2) is 0 Å². The number of halogens is 1. The molecule has 1 saturated heterocycles. The van der Waals surface area contributed by atoms with Crippen molar-refractivity contribution in [3.05, 3.63) is 34.9 Å². The second-order valence-electron chi connectivity index (χ2n) is 5.44. The average Bonchev–Trinajstić information content (AvgIpc) is 2.48. The van der Waals surface area contributed by atoms with Crippen LogP contribution in [-0.4, -0.2) is 40.9 Å². The fourth-order valence-electron chi connectivity index (χ4n) is 2.91. The van der Waals surface area contributed by atoms with Gasteiger partial charge in [-0.1, -0.05) is 18.5 Å². The SMILES string of the molecule is CC[C@H](C(=O)O)N1CCC(C(=O)c2ccc(Cl)cc2)CC1. The van der Waals surface area contributed by atoms with Crippen LogP contribution in [0.15, 0.2) is 24.3 Å². The number of piperidine rings is 1. The molecule has 0 radical (unpaired) electrons. The van der Waals surface area contributed by atoms with Crippen molar-refractivity contribution in [2.45, 2.75) is 32.2 Å². The highest BCUT2D eigenvalue weighted by molar-refractivity contribution is 6.30. The standard InChI is InChI=1S/C16H20ClNO3/c1-2-14(16(20)21)18-9-7-12(8-10-18)15(19)11-3-5-13(17)6-4-11/h3-6,12,14H,2,7-10H2,1H3,(H,20,21)/t14-/m1/s1. The fraction of sp³-hybridized carbons (Fsp3) is 0.500. The average molecular weight is 310 g/mol. The Morgan fingerprint density at radius 3 is 2.33 bits per heavy atom. The molecule has 5 heteroatoms. The Hall–Kier alpha value is -1.39. The number of carboxylic acid groups (broad SMARTS) is 1. The largest absolute Gasteiger partial charge is 0.480 e. The molecule has 1 atom stereocenters. The molecule has 114 valence electrons. The molecule has 0 saturated carbocycles. The summed E-state index contributed by atoms with van der Waals surface area (Å²) in [5, 5.41) is 9.80. The molecule has 1 heterocycles. The summed E-state index contributed by atoms with van der Waals surface area (Å²) in [7, 11) is 0. The number of carbonyl (C=O) groups excluding carboxylic acids is 1. The minimum Gasteiger partial charge on any atom is -0.480 e. The van der Waals surface area contributed by atoms with Gasteiger partial charge in [0, 0.05) is 16.5 Å². The van der Waals surface area contributed by atoms with Crippen molar-refractivity contribution < 1.29 is 14.7 Å². The van der Waals surface area contributed by atoms with Crippen LogP contribution < -0.4 is 0 Å². The van der Waals surface area contributed by atoms with E-state index in [1.165, 1.54) is 0 Å². The lowest BCUT2D eigenvalue weighted by Gasteiger charge is -2.34. The lowest BCUT2D eigenvalue weighted by molar-refractivity contribution is -0.144. The first-order chi connectivity index (χ1) is 10.0. The van der Waals surface area contributed by atoms with E-state index in [0.717, 1.165) is 0 Å². The Bertz CT molecular complexity index is 507. The van der Waals surface area contributed by atoms with Crippen molar-refractivity contribution in [1.29, 1.82) is 0 Å². The predicted molar refractivity (Wildman–Crippen MR) is 81.8 cm³/mol. The highest BCUT2D eigenvalue weighted by atomic mass is 35.5. The molecular formula is C16H20ClNO3. The van der Waals surface area contributed by atoms with Crippen molar-refractivity contribution >= 4 is 23.4 Å². The Kier molecular flexibility index (Phi) is 5.37. The van der Waals surface area contributed by atoms with E-state index in [9.17, 15) is 14.7 Å². The van der Waals surface area contributed by atoms with Gasteiger partial charge in [0.1, 0.15) is 6.04 Å². The van der Waals surface area contributed by atoms with Gasteiger partial charge in [0.2, 0.25) is 0 Å². The first-order valence-electron chi connectivity index (χ1n) is 7.29. The van der Waals surface area contributed by atoms with Gasteiger partial charge >= 0.3 is 5.97 Å². The normalized spacial score (nSPS) is 18.4. The van der Waals surface area contributed by atoms with Crippen LogP contribution in [0, 0.1) is 5.92 Å². The summed E-state index contributed by atoms with van der Waals surface area (Å²) in [6.45, 7) is 3.20. The minimum atomic E-state index is -0.778. The molecule has 0 spiro atoms. The molecule has 0 bridgehead atoms. The number of ketones is 1. The Balaban J connectivity index is 1.96. The molecule has 1 aromatic carbocycles. The quantitative estimate of drug-likeness (QED) is 0.849. The number of nitrogens with zero attached hydrogens (tertiary/aromatic N) is 1. The summed E-state index contributed by atoms with van der Waals surface area (Å²) in [6.07, 6.45) is 2.02. The molecule has 0 amide bonds. The van der Waals surface area contributed by atoms with Crippen LogP contribution >= 0.6 is 11.6 Å². The Morgan fingerprint density at radius 1 is 1.29 bits per heavy atom. The van der Waals surface area contributed by atoms with Gasteiger partial charge in [-0.05, 0) is 56.6 Å². The molecule has 0 aromatic heterocycles. The van der Waals surface area contributed by atoms with Crippen LogP contribution in [0.1, 0.15) is 36.5 Å². The molecule has 1 aromatic rings. The minimum absolute atomic E-state index is 0.0197. The highest BCUT2D eigenvalue weighted by Crippen LogP contribution is 2.24. The maximum absolute atomic E-state index is 12.4. The molecule has 1 fully saturated rings. The number of likely N-dealkylation sites (tertiary alicyclic amines) is 1. The number of hydrogen-bond donors (Lipinski definition) is 1. The number of carbonyl (C=O) groups is 2. The van der Waals surface area contributed by atoms with Gasteiger partial charge < -0.3 is 5.11 Å². The summed E-state index contributed by atoms with van der Waals surface area (Å²) in [5.74, 6) is -0.664. The molecule has 0 unspecified atom stereocenters. The van der Waals surface area contributed by atoms with E-state index in [-0.39, 0.29) is 11.7 Å². The number of Topliss-reactive ketones (excluding diaryl/α,β-unsaturated/α-hetero) is 1. The fourth-order valence-corrected chi connectivity index (χ4v) is 3.04. The van der Waals surface area contributed by atoms with Crippen LogP contribution in [0.3, 0.4) is 0 Å². The molecule has 4 nitrogen and oxygen atoms in total. The van der Waals surface area contributed by atoms with Crippen molar-refractivity contribution in [1.82, 2.24) is 4.90 Å². The number of aliphatic carboxylic acids is 1. The van der Waals surface area contributed by atoms with E-state index >= 15 is 0 Å². The highest BCUT2D eigenvalue weighted by Gasteiger charge is 2.31. The van der Waals surface area contributed by atoms with E-state index in [1.807, 2.05) is 11.8 Å². The summed E-state index contributed by atoms with van der Waals surface area (Å²) < 4.78 is 0. The number of carboxylic acids is 1. The third-order valence-electron chi connectivity index (χ3n) is 4.14. The third-order valence-corrected chi connectivity index (χ3v) is 4.39. The van der Waals surface area contributed by atoms with Gasteiger partial charge in [-0.15, -0.1) is 0 Å². The monoisotopic (exact) mass is 309 g/mol. The summed E-state index contributed by atoms with van der Waals surface area (Å²) >= 11 is 5.83. The predicted octanol–water partition coefficient (Wildman–Crippen LogP) is 3.10. The zero-order valence-electron chi connectivity index (χ0n) is 12.1. The lowest BCUT2D eigenvalue weighted by Crippen LogP contribution is -2.46. The van der Waals surface area contributed by atoms with Crippen LogP contribution in [0.25, 0.3) is 0 Å². The molecular weight excluding hydrogens is 290 g/mol. The molecule has 1 N–H and O–H groups in total. The van der Waals surface area contributed by atoms with E-state index in [1.54, 1.807) is 24.3 Å². The maximum Gasteiger partial charge on any atom is 0.320 e. The van der Waals surface area contributed by atoms with Gasteiger partial charge in [0.05, 0.1) is 0 Å². The van der Waals surface area contributed by atoms with E-state index in [0.29, 0.717) is 42.9 Å². The molecule has 2 rings (SSSR count). The van der Waals surface area contributed by atoms with Crippen molar-refractivity contribution in [2.75, 3.05) is 13.1 Å². The van der Waals surface area contributed by atoms with Crippen molar-refractivity contribution in [2.24, 2.45) is 5.92 Å². The van der Waals surface area contributed by atoms with E-state index < -0.39 is 12.0 Å². The first kappa shape index (κ1) is 16.0. The number of rotatable bonds is 5. The lowest BCUT2D eigenvalue weighted by atomic mass is 9.88. The van der Waals surface area contributed by atoms with Crippen LogP contribution in [0.2, 0.25) is 5.02 Å². The number of hydrogen-bond acceptors (Lipinski definition) is 3. The van der Waals surface area contributed by atoms with Crippen LogP contribution in [0.4, 0.5) is 0 Å². The summed E-state index contributed by atoms with van der Waals surface area (Å²) in [4.78, 5) is 25.6. The maximum atomic E-state index is 12.4. The van der Waals surface area contributed by atoms with Crippen molar-refractivity contribution in [3.8, 4) is 0 Å². The van der Waals surface area contributed by atoms with E-state index in [4.69, 9.17) is 11.6 Å². The Morgan fingerprint density at radius 2 is 1.86 bits per heavy atom. The second kappa shape index (κ2) is 7.05. The van der Waals surface area contributed by atoms with Crippen LogP contribution in [0.5, 0.6) is 0 Å². The van der Waals surface area contributed by atoms with Crippen LogP contribution in [-0.2, 0) is 4.79 Å². The molecule has 1 aliphatic rings. The topological polar surface area (TPSA) is 57.6 Å². The summed E-state index contributed by atoms with van der Waals surface area (Å²) in [6, 6.07) is 6.52. The zero-order chi connectivity index (χ0) is 15.4. The van der Waals surface area contributed by atoms with Gasteiger partial charge in [0.25, 0.3) is 0 Å². The summed E-state index contributed by atoms with van der Waals surface area (Å²) in [5.41, 5.74) is 0.683. The van der Waals surface area contributed by atoms with Gasteiger partial charge in [0.15, 0.2) is 5.78 Å². The van der Waals surface area contributed by atoms with E-state index in [2.05, 4.69) is 0 Å².